The third-order valence-electron chi connectivity index (χ3n) is 13.4. The molecule has 5 amide bonds. The van der Waals surface area contributed by atoms with Crippen molar-refractivity contribution in [1.29, 1.82) is 0 Å². The molecular weight excluding hydrogens is 822 g/mol. The van der Waals surface area contributed by atoms with Crippen LogP contribution in [0.3, 0.4) is 0 Å². The summed E-state index contributed by atoms with van der Waals surface area (Å²) in [6.45, 7) is 12.3. The molecule has 0 radical (unpaired) electrons. The zero-order valence-corrected chi connectivity index (χ0v) is 36.8. The van der Waals surface area contributed by atoms with Crippen LogP contribution in [0.15, 0.2) is 48.7 Å². The third kappa shape index (κ3) is 10.4. The summed E-state index contributed by atoms with van der Waals surface area (Å²) in [5, 5.41) is 5.40. The van der Waals surface area contributed by atoms with Gasteiger partial charge in [0, 0.05) is 88.6 Å². The summed E-state index contributed by atoms with van der Waals surface area (Å²) >= 11 is 0. The van der Waals surface area contributed by atoms with E-state index >= 15 is 0 Å². The number of likely N-dealkylation sites (tertiary alicyclic amines) is 2. The van der Waals surface area contributed by atoms with Crippen LogP contribution in [0.25, 0.3) is 22.4 Å². The number of hydrogen-bond acceptors (Lipinski definition) is 9. The second-order valence-electron chi connectivity index (χ2n) is 18.1. The minimum absolute atomic E-state index is 0.0753. The van der Waals surface area contributed by atoms with E-state index in [-0.39, 0.29) is 52.5 Å². The largest absolute Gasteiger partial charge is 0.573 e. The Kier molecular flexibility index (Phi) is 13.6. The molecule has 1 aromatic heterocycles. The van der Waals surface area contributed by atoms with Crippen molar-refractivity contribution in [1.82, 2.24) is 34.9 Å². The van der Waals surface area contributed by atoms with Crippen molar-refractivity contribution in [2.24, 2.45) is 17.3 Å². The highest BCUT2D eigenvalue weighted by Gasteiger charge is 2.46. The third-order valence-corrected chi connectivity index (χ3v) is 13.4. The Morgan fingerprint density at radius 3 is 2.17 bits per heavy atom. The normalized spacial score (nSPS) is 22.4. The molecule has 4 heterocycles. The minimum atomic E-state index is -4.99. The van der Waals surface area contributed by atoms with Gasteiger partial charge >= 0.3 is 18.5 Å². The molecule has 3 N–H and O–H groups in total. The van der Waals surface area contributed by atoms with Crippen molar-refractivity contribution in [2.75, 3.05) is 65.3 Å². The molecule has 18 heteroatoms. The number of rotatable bonds is 11. The van der Waals surface area contributed by atoms with Crippen molar-refractivity contribution in [3.63, 3.8) is 0 Å². The van der Waals surface area contributed by atoms with Gasteiger partial charge in [0.15, 0.2) is 0 Å². The van der Waals surface area contributed by atoms with E-state index in [1.54, 1.807) is 53.4 Å². The second kappa shape index (κ2) is 18.8. The quantitative estimate of drug-likeness (QED) is 0.186. The summed E-state index contributed by atoms with van der Waals surface area (Å²) in [5.74, 6) is -0.0896. The fourth-order valence-electron chi connectivity index (χ4n) is 9.37. The van der Waals surface area contributed by atoms with Gasteiger partial charge in [-0.3, -0.25) is 14.5 Å². The van der Waals surface area contributed by atoms with E-state index in [2.05, 4.69) is 44.1 Å². The number of urea groups is 1. The Morgan fingerprint density at radius 2 is 1.59 bits per heavy atom. The number of anilines is 1. The lowest BCUT2D eigenvalue weighted by Gasteiger charge is -2.48. The highest BCUT2D eigenvalue weighted by atomic mass is 19.4. The number of nitrogens with zero attached hydrogens (tertiary/aromatic N) is 5. The molecule has 3 aromatic rings. The van der Waals surface area contributed by atoms with E-state index in [9.17, 15) is 32.3 Å². The lowest BCUT2D eigenvalue weighted by molar-refractivity contribution is -0.274. The Balaban J connectivity index is 0.975. The van der Waals surface area contributed by atoms with Gasteiger partial charge in [-0.05, 0) is 60.3 Å². The van der Waals surface area contributed by atoms with Crippen LogP contribution in [-0.4, -0.2) is 138 Å². The van der Waals surface area contributed by atoms with E-state index in [4.69, 9.17) is 9.47 Å². The summed E-state index contributed by atoms with van der Waals surface area (Å²) in [6, 6.07) is 9.61. The summed E-state index contributed by atoms with van der Waals surface area (Å²) in [4.78, 5) is 67.9. The number of carbonyl (C=O) groups excluding carboxylic acids is 4. The molecule has 7 rings (SSSR count). The molecule has 15 nitrogen and oxygen atoms in total. The fourth-order valence-corrected chi connectivity index (χ4v) is 9.37. The van der Waals surface area contributed by atoms with Gasteiger partial charge < -0.3 is 44.5 Å². The van der Waals surface area contributed by atoms with Crippen LogP contribution >= 0.6 is 0 Å². The number of benzene rings is 2. The SMILES string of the molecule is COC(=O)N[C@H](C(=O)N1C[C@@H](OC)C[C@H]1c1ncc(-c2ccc(-c3ccc(NC(=O)N4CCC(N5CCN(C(=O)C6CCC6(C)C)CC5)CC4)cc3OC(F)(F)F)cc2)[nH]1)C(C)C. The van der Waals surface area contributed by atoms with Crippen molar-refractivity contribution >= 4 is 29.6 Å². The molecule has 4 atom stereocenters. The first-order chi connectivity index (χ1) is 29.9. The number of aromatic nitrogens is 2. The standard InChI is InChI=1S/C45H59F3N8O7/c1-27(2)38(52-43(60)62-6)41(58)56-26-32(61-5)24-36(56)39-49-25-35(51-39)29-9-7-28(8-10-29)33-12-11-30(23-37(33)63-45(46,47)48)50-42(59)55-17-14-31(15-18-55)53-19-21-54(22-20-53)40(57)34-13-16-44(34,3)4/h7-12,23,25,27,31-32,34,36,38H,13-22,24,26H2,1-6H3,(H,49,51)(H,50,59)(H,52,60)/t32-,34?,36-,38-/m0/s1. The van der Waals surface area contributed by atoms with Gasteiger partial charge in [-0.1, -0.05) is 52.0 Å². The van der Waals surface area contributed by atoms with Crippen molar-refractivity contribution in [3.05, 3.63) is 54.5 Å². The first kappa shape index (κ1) is 45.7. The van der Waals surface area contributed by atoms with E-state index in [1.165, 1.54) is 19.2 Å². The zero-order valence-electron chi connectivity index (χ0n) is 36.8. The highest BCUT2D eigenvalue weighted by Crippen LogP contribution is 2.47. The number of imidazole rings is 1. The number of amides is 5. The van der Waals surface area contributed by atoms with Crippen molar-refractivity contribution in [3.8, 4) is 28.1 Å². The number of alkyl carbamates (subject to hydrolysis) is 1. The average molecular weight is 881 g/mol. The molecule has 4 fully saturated rings. The van der Waals surface area contributed by atoms with Gasteiger partial charge in [0.1, 0.15) is 17.6 Å². The van der Waals surface area contributed by atoms with Crippen molar-refractivity contribution in [2.45, 2.75) is 90.4 Å². The van der Waals surface area contributed by atoms with E-state index in [1.807, 2.05) is 18.7 Å². The van der Waals surface area contributed by atoms with Crippen LogP contribution in [0, 0.1) is 17.3 Å². The number of halogens is 3. The molecule has 1 saturated carbocycles. The Hall–Kier alpha value is -5.36. The maximum atomic E-state index is 13.8. The molecule has 0 bridgehead atoms. The Labute approximate surface area is 366 Å². The molecule has 2 aromatic carbocycles. The summed E-state index contributed by atoms with van der Waals surface area (Å²) in [5.41, 5.74) is 2.18. The molecule has 0 spiro atoms. The van der Waals surface area contributed by atoms with E-state index in [0.29, 0.717) is 61.8 Å². The van der Waals surface area contributed by atoms with E-state index < -0.39 is 36.3 Å². The van der Waals surface area contributed by atoms with Crippen LogP contribution in [0.1, 0.15) is 71.7 Å². The monoisotopic (exact) mass is 880 g/mol. The average Bonchev–Trinajstić information content (AvgIpc) is 3.93. The van der Waals surface area contributed by atoms with Crippen LogP contribution in [-0.2, 0) is 19.1 Å². The smallest absolute Gasteiger partial charge is 0.453 e. The summed E-state index contributed by atoms with van der Waals surface area (Å²) in [6.07, 6.45) is -0.301. The minimum Gasteiger partial charge on any atom is -0.453 e. The molecule has 3 saturated heterocycles. The lowest BCUT2D eigenvalue weighted by Crippen LogP contribution is -2.57. The highest BCUT2D eigenvalue weighted by molar-refractivity contribution is 5.91. The first-order valence-corrected chi connectivity index (χ1v) is 21.8. The first-order valence-electron chi connectivity index (χ1n) is 21.8. The number of piperidine rings is 1. The molecule has 1 unspecified atom stereocenters. The maximum absolute atomic E-state index is 13.8. The Bertz CT molecular complexity index is 2110. The summed E-state index contributed by atoms with van der Waals surface area (Å²) in [7, 11) is 2.81. The van der Waals surface area contributed by atoms with Gasteiger partial charge in [0.05, 0.1) is 31.1 Å². The number of alkyl halides is 3. The summed E-state index contributed by atoms with van der Waals surface area (Å²) < 4.78 is 56.1. The van der Waals surface area contributed by atoms with Crippen LogP contribution in [0.2, 0.25) is 0 Å². The number of aromatic amines is 1. The number of carbonyl (C=O) groups is 4. The number of H-pyrrole nitrogens is 1. The predicted molar refractivity (Wildman–Crippen MR) is 228 cm³/mol. The van der Waals surface area contributed by atoms with Gasteiger partial charge in [0.25, 0.3) is 0 Å². The van der Waals surface area contributed by atoms with Gasteiger partial charge in [0.2, 0.25) is 11.8 Å². The predicted octanol–water partition coefficient (Wildman–Crippen LogP) is 6.89. The molecule has 63 heavy (non-hydrogen) atoms. The molecule has 4 aliphatic rings. The van der Waals surface area contributed by atoms with Crippen LogP contribution in [0.5, 0.6) is 5.75 Å². The van der Waals surface area contributed by atoms with Crippen molar-refractivity contribution < 1.29 is 46.6 Å². The molecular formula is C45H59F3N8O7. The number of piperazine rings is 1. The van der Waals surface area contributed by atoms with Gasteiger partial charge in [-0.2, -0.15) is 0 Å². The van der Waals surface area contributed by atoms with E-state index in [0.717, 1.165) is 38.8 Å². The number of ether oxygens (including phenoxy) is 3. The van der Waals surface area contributed by atoms with Crippen LogP contribution in [0.4, 0.5) is 28.4 Å². The fraction of sp³-hybridized carbons (Fsp3) is 0.578. The number of nitrogens with one attached hydrogen (secondary N) is 3. The van der Waals surface area contributed by atoms with Crippen LogP contribution < -0.4 is 15.4 Å². The molecule has 3 aliphatic heterocycles. The number of hydrogen-bond donors (Lipinski definition) is 3. The van der Waals surface area contributed by atoms with Gasteiger partial charge in [-0.15, -0.1) is 13.2 Å². The topological polar surface area (TPSA) is 162 Å². The zero-order chi connectivity index (χ0) is 45.2. The number of methoxy groups -OCH3 is 2. The Morgan fingerprint density at radius 1 is 0.905 bits per heavy atom. The lowest BCUT2D eigenvalue weighted by atomic mass is 9.62. The molecule has 342 valence electrons. The van der Waals surface area contributed by atoms with Gasteiger partial charge in [-0.25, -0.2) is 14.6 Å². The second-order valence-corrected chi connectivity index (χ2v) is 18.1. The molecule has 1 aliphatic carbocycles. The maximum Gasteiger partial charge on any atom is 0.573 e.